The van der Waals surface area contributed by atoms with Crippen molar-refractivity contribution in [2.75, 3.05) is 13.1 Å². The van der Waals surface area contributed by atoms with Crippen LogP contribution in [0, 0.1) is 18.7 Å². The maximum Gasteiger partial charge on any atom is 0.243 e. The third-order valence-electron chi connectivity index (χ3n) is 3.96. The molecule has 0 amide bonds. The fourth-order valence-electron chi connectivity index (χ4n) is 2.48. The summed E-state index contributed by atoms with van der Waals surface area (Å²) in [6.45, 7) is 4.06. The van der Waals surface area contributed by atoms with Gasteiger partial charge in [-0.05, 0) is 50.3 Å². The summed E-state index contributed by atoms with van der Waals surface area (Å²) < 4.78 is 39.7. The zero-order valence-corrected chi connectivity index (χ0v) is 12.5. The number of piperidine rings is 1. The Kier molecular flexibility index (Phi) is 4.46. The Bertz CT molecular complexity index is 578. The Morgan fingerprint density at radius 1 is 1.35 bits per heavy atom. The number of hydrogen-bond donors (Lipinski definition) is 1. The summed E-state index contributed by atoms with van der Waals surface area (Å²) in [7, 11) is -3.64. The first-order chi connectivity index (χ1) is 9.32. The number of benzene rings is 1. The van der Waals surface area contributed by atoms with Crippen LogP contribution in [0.15, 0.2) is 23.1 Å². The molecule has 0 aromatic heterocycles. The number of sulfonamides is 1. The van der Waals surface area contributed by atoms with Crippen LogP contribution in [0.5, 0.6) is 0 Å². The Morgan fingerprint density at radius 2 is 1.95 bits per heavy atom. The van der Waals surface area contributed by atoms with Crippen molar-refractivity contribution in [1.29, 1.82) is 0 Å². The van der Waals surface area contributed by atoms with Crippen LogP contribution in [0.2, 0.25) is 0 Å². The molecule has 0 radical (unpaired) electrons. The highest BCUT2D eigenvalue weighted by Gasteiger charge is 2.31. The minimum absolute atomic E-state index is 0.00361. The highest BCUT2D eigenvalue weighted by molar-refractivity contribution is 7.89. The van der Waals surface area contributed by atoms with Crippen LogP contribution in [0.1, 0.15) is 25.3 Å². The van der Waals surface area contributed by atoms with E-state index in [9.17, 15) is 17.9 Å². The second-order valence-electron chi connectivity index (χ2n) is 5.39. The molecule has 1 heterocycles. The number of hydrogen-bond acceptors (Lipinski definition) is 3. The molecule has 1 unspecified atom stereocenters. The fraction of sp³-hybridized carbons (Fsp3) is 0.571. The van der Waals surface area contributed by atoms with Gasteiger partial charge in [0.15, 0.2) is 0 Å². The molecule has 112 valence electrons. The minimum atomic E-state index is -3.64. The van der Waals surface area contributed by atoms with E-state index in [0.717, 1.165) is 6.07 Å². The zero-order chi connectivity index (χ0) is 14.9. The van der Waals surface area contributed by atoms with Gasteiger partial charge in [0.05, 0.1) is 11.0 Å². The summed E-state index contributed by atoms with van der Waals surface area (Å²) in [5.41, 5.74) is 0.428. The lowest BCUT2D eigenvalue weighted by molar-refractivity contribution is 0.0912. The molecule has 4 nitrogen and oxygen atoms in total. The van der Waals surface area contributed by atoms with E-state index in [2.05, 4.69) is 0 Å². The molecule has 0 bridgehead atoms. The predicted molar refractivity (Wildman–Crippen MR) is 74.3 cm³/mol. The lowest BCUT2D eigenvalue weighted by Gasteiger charge is -2.32. The van der Waals surface area contributed by atoms with Gasteiger partial charge in [0.1, 0.15) is 5.82 Å². The third-order valence-corrected chi connectivity index (χ3v) is 5.86. The van der Waals surface area contributed by atoms with Gasteiger partial charge in [-0.3, -0.25) is 0 Å². The summed E-state index contributed by atoms with van der Waals surface area (Å²) in [5.74, 6) is -0.374. The largest absolute Gasteiger partial charge is 0.393 e. The van der Waals surface area contributed by atoms with E-state index in [4.69, 9.17) is 0 Å². The molecule has 1 aromatic rings. The Balaban J connectivity index is 2.17. The molecule has 2 rings (SSSR count). The van der Waals surface area contributed by atoms with Gasteiger partial charge in [-0.25, -0.2) is 12.8 Å². The van der Waals surface area contributed by atoms with Crippen molar-refractivity contribution < 1.29 is 17.9 Å². The quantitative estimate of drug-likeness (QED) is 0.928. The summed E-state index contributed by atoms with van der Waals surface area (Å²) >= 11 is 0. The molecule has 1 fully saturated rings. The van der Waals surface area contributed by atoms with Crippen molar-refractivity contribution in [3.8, 4) is 0 Å². The molecule has 6 heteroatoms. The molecular weight excluding hydrogens is 281 g/mol. The van der Waals surface area contributed by atoms with Gasteiger partial charge in [-0.1, -0.05) is 6.07 Å². The highest BCUT2D eigenvalue weighted by Crippen LogP contribution is 2.26. The molecule has 0 saturated carbocycles. The maximum atomic E-state index is 13.5. The Hall–Kier alpha value is -0.980. The molecule has 20 heavy (non-hydrogen) atoms. The van der Waals surface area contributed by atoms with Crippen molar-refractivity contribution in [3.63, 3.8) is 0 Å². The van der Waals surface area contributed by atoms with Gasteiger partial charge < -0.3 is 5.11 Å². The van der Waals surface area contributed by atoms with Crippen LogP contribution < -0.4 is 0 Å². The summed E-state index contributed by atoms with van der Waals surface area (Å²) in [4.78, 5) is -0.00361. The molecule has 1 N–H and O–H groups in total. The number of nitrogens with zero attached hydrogens (tertiary/aromatic N) is 1. The topological polar surface area (TPSA) is 57.6 Å². The minimum Gasteiger partial charge on any atom is -0.393 e. The predicted octanol–water partition coefficient (Wildman–Crippen LogP) is 1.92. The van der Waals surface area contributed by atoms with Gasteiger partial charge in [-0.2, -0.15) is 4.31 Å². The lowest BCUT2D eigenvalue weighted by Crippen LogP contribution is -2.40. The monoisotopic (exact) mass is 301 g/mol. The van der Waals surface area contributed by atoms with Crippen molar-refractivity contribution in [1.82, 2.24) is 4.31 Å². The van der Waals surface area contributed by atoms with Gasteiger partial charge in [0.2, 0.25) is 10.0 Å². The molecule has 1 aromatic carbocycles. The van der Waals surface area contributed by atoms with E-state index in [1.807, 2.05) is 0 Å². The van der Waals surface area contributed by atoms with Crippen LogP contribution in [0.3, 0.4) is 0 Å². The van der Waals surface area contributed by atoms with Crippen molar-refractivity contribution in [3.05, 3.63) is 29.6 Å². The molecule has 0 aliphatic carbocycles. The van der Waals surface area contributed by atoms with Crippen molar-refractivity contribution in [2.45, 2.75) is 37.7 Å². The van der Waals surface area contributed by atoms with Crippen molar-refractivity contribution in [2.24, 2.45) is 5.92 Å². The van der Waals surface area contributed by atoms with E-state index in [1.165, 1.54) is 16.4 Å². The average molecular weight is 301 g/mol. The van der Waals surface area contributed by atoms with Crippen LogP contribution in [-0.4, -0.2) is 37.0 Å². The summed E-state index contributed by atoms with van der Waals surface area (Å²) in [6.07, 6.45) is 0.841. The first-order valence-electron chi connectivity index (χ1n) is 6.76. The van der Waals surface area contributed by atoms with Crippen LogP contribution in [0.4, 0.5) is 4.39 Å². The number of rotatable bonds is 3. The number of halogens is 1. The standard InChI is InChI=1S/C14H20FNO3S/c1-10-3-4-13(9-14(10)15)20(18,19)16-7-5-12(6-8-16)11(2)17/h3-4,9,11-12,17H,5-8H2,1-2H3. The third kappa shape index (κ3) is 3.02. The van der Waals surface area contributed by atoms with Crippen LogP contribution >= 0.6 is 0 Å². The fourth-order valence-corrected chi connectivity index (χ4v) is 3.96. The molecular formula is C14H20FNO3S. The van der Waals surface area contributed by atoms with Crippen molar-refractivity contribution >= 4 is 10.0 Å². The first kappa shape index (κ1) is 15.4. The second-order valence-corrected chi connectivity index (χ2v) is 7.33. The van der Waals surface area contributed by atoms with Gasteiger partial charge in [-0.15, -0.1) is 0 Å². The SMILES string of the molecule is Cc1ccc(S(=O)(=O)N2CCC(C(C)O)CC2)cc1F. The number of aryl methyl sites for hydroxylation is 1. The molecule has 1 aliphatic heterocycles. The van der Waals surface area contributed by atoms with E-state index in [-0.39, 0.29) is 10.8 Å². The average Bonchev–Trinajstić information content (AvgIpc) is 2.41. The molecule has 1 aliphatic rings. The summed E-state index contributed by atoms with van der Waals surface area (Å²) in [6, 6.07) is 3.99. The van der Waals surface area contributed by atoms with Gasteiger partial charge >= 0.3 is 0 Å². The Labute approximate surface area is 119 Å². The van der Waals surface area contributed by atoms with E-state index < -0.39 is 21.9 Å². The van der Waals surface area contributed by atoms with E-state index >= 15 is 0 Å². The lowest BCUT2D eigenvalue weighted by atomic mass is 9.93. The first-order valence-corrected chi connectivity index (χ1v) is 8.20. The van der Waals surface area contributed by atoms with Gasteiger partial charge in [0, 0.05) is 13.1 Å². The van der Waals surface area contributed by atoms with Crippen LogP contribution in [-0.2, 0) is 10.0 Å². The van der Waals surface area contributed by atoms with E-state index in [1.54, 1.807) is 13.8 Å². The summed E-state index contributed by atoms with van der Waals surface area (Å²) in [5, 5.41) is 9.53. The number of aliphatic hydroxyl groups is 1. The highest BCUT2D eigenvalue weighted by atomic mass is 32.2. The maximum absolute atomic E-state index is 13.5. The van der Waals surface area contributed by atoms with Crippen LogP contribution in [0.25, 0.3) is 0 Å². The normalized spacial score (nSPS) is 20.0. The molecule has 1 atom stereocenters. The van der Waals surface area contributed by atoms with Gasteiger partial charge in [0.25, 0.3) is 0 Å². The molecule has 0 spiro atoms. The second kappa shape index (κ2) is 5.79. The van der Waals surface area contributed by atoms with E-state index in [0.29, 0.717) is 31.5 Å². The zero-order valence-electron chi connectivity index (χ0n) is 11.7. The smallest absolute Gasteiger partial charge is 0.243 e. The molecule has 1 saturated heterocycles. The number of aliphatic hydroxyl groups excluding tert-OH is 1. The Morgan fingerprint density at radius 3 is 2.45 bits per heavy atom.